The summed E-state index contributed by atoms with van der Waals surface area (Å²) in [5.74, 6) is -1.22. The molecule has 10 heteroatoms. The lowest BCUT2D eigenvalue weighted by molar-refractivity contribution is -0.124. The van der Waals surface area contributed by atoms with Gasteiger partial charge in [-0.2, -0.15) is 4.31 Å². The molecule has 2 fully saturated rings. The molecule has 9 nitrogen and oxygen atoms in total. The molecule has 1 aromatic heterocycles. The van der Waals surface area contributed by atoms with Crippen molar-refractivity contribution in [3.05, 3.63) is 17.9 Å². The molecule has 30 heavy (non-hydrogen) atoms. The number of esters is 1. The number of ether oxygens (including phenoxy) is 2. The molecule has 0 bridgehead atoms. The van der Waals surface area contributed by atoms with Crippen molar-refractivity contribution >= 4 is 21.9 Å². The van der Waals surface area contributed by atoms with E-state index in [9.17, 15) is 18.0 Å². The number of rotatable bonds is 9. The van der Waals surface area contributed by atoms with Gasteiger partial charge in [-0.3, -0.25) is 4.79 Å². The van der Waals surface area contributed by atoms with Crippen LogP contribution < -0.4 is 5.32 Å². The largest absolute Gasteiger partial charge is 0.460 e. The minimum Gasteiger partial charge on any atom is -0.460 e. The highest BCUT2D eigenvalue weighted by molar-refractivity contribution is 7.89. The van der Waals surface area contributed by atoms with E-state index in [1.807, 2.05) is 6.92 Å². The molecular weight excluding hydrogens is 412 g/mol. The Hall–Kier alpha value is -1.91. The molecule has 3 rings (SSSR count). The number of nitrogens with one attached hydrogen (secondary N) is 1. The summed E-state index contributed by atoms with van der Waals surface area (Å²) in [6.45, 7) is 4.73. The Morgan fingerprint density at radius 3 is 2.80 bits per heavy atom. The van der Waals surface area contributed by atoms with E-state index in [2.05, 4.69) is 5.32 Å². The molecule has 1 aromatic rings. The van der Waals surface area contributed by atoms with Gasteiger partial charge in [-0.1, -0.05) is 0 Å². The zero-order valence-corrected chi connectivity index (χ0v) is 18.3. The fourth-order valence-corrected chi connectivity index (χ4v) is 5.47. The molecule has 3 atom stereocenters. The number of nitrogens with zero attached hydrogens (tertiary/aromatic N) is 1. The quantitative estimate of drug-likeness (QED) is 0.582. The fourth-order valence-electron chi connectivity index (χ4n) is 3.90. The predicted molar refractivity (Wildman–Crippen MR) is 107 cm³/mol. The molecule has 3 unspecified atom stereocenters. The van der Waals surface area contributed by atoms with Gasteiger partial charge in [0.05, 0.1) is 12.7 Å². The first-order valence-electron chi connectivity index (χ1n) is 10.5. The average molecular weight is 443 g/mol. The van der Waals surface area contributed by atoms with E-state index in [1.165, 1.54) is 12.1 Å². The fraction of sp³-hybridized carbons (Fsp3) is 0.700. The number of hydrogen-bond donors (Lipinski definition) is 1. The Balaban J connectivity index is 1.62. The van der Waals surface area contributed by atoms with Crippen LogP contribution in [0.5, 0.6) is 0 Å². The molecule has 2 saturated heterocycles. The first-order valence-corrected chi connectivity index (χ1v) is 12.0. The van der Waals surface area contributed by atoms with Gasteiger partial charge in [-0.15, -0.1) is 0 Å². The smallest absolute Gasteiger partial charge is 0.374 e. The van der Waals surface area contributed by atoms with Gasteiger partial charge in [0.1, 0.15) is 6.04 Å². The van der Waals surface area contributed by atoms with Gasteiger partial charge in [-0.05, 0) is 64.5 Å². The maximum atomic E-state index is 13.0. The van der Waals surface area contributed by atoms with Crippen molar-refractivity contribution in [1.82, 2.24) is 9.62 Å². The topological polar surface area (TPSA) is 115 Å². The monoisotopic (exact) mass is 442 g/mol. The van der Waals surface area contributed by atoms with Crippen LogP contribution in [0, 0.1) is 0 Å². The van der Waals surface area contributed by atoms with Gasteiger partial charge < -0.3 is 19.2 Å². The number of carbonyl (C=O) groups excluding carboxylic acids is 2. The van der Waals surface area contributed by atoms with E-state index >= 15 is 0 Å². The number of furan rings is 1. The van der Waals surface area contributed by atoms with E-state index in [0.29, 0.717) is 12.8 Å². The number of amides is 1. The minimum absolute atomic E-state index is 0.0779. The van der Waals surface area contributed by atoms with Gasteiger partial charge in [0.2, 0.25) is 16.8 Å². The van der Waals surface area contributed by atoms with Crippen LogP contribution in [0.2, 0.25) is 0 Å². The van der Waals surface area contributed by atoms with Gasteiger partial charge in [0.15, 0.2) is 0 Å². The lowest BCUT2D eigenvalue weighted by atomic mass is 10.1. The Morgan fingerprint density at radius 2 is 2.10 bits per heavy atom. The van der Waals surface area contributed by atoms with Crippen LogP contribution in [0.15, 0.2) is 21.6 Å². The van der Waals surface area contributed by atoms with Crippen molar-refractivity contribution in [2.24, 2.45) is 0 Å². The zero-order valence-electron chi connectivity index (χ0n) is 17.5. The molecule has 0 aromatic carbocycles. The lowest BCUT2D eigenvalue weighted by Crippen LogP contribution is -2.48. The van der Waals surface area contributed by atoms with Crippen molar-refractivity contribution in [3.63, 3.8) is 0 Å². The first kappa shape index (κ1) is 22.8. The third-order valence-corrected chi connectivity index (χ3v) is 7.24. The standard InChI is InChI=1S/C20H30N2O7S/c1-3-27-20(24)17-10-11-18(29-17)30(25,26)22-12-4-7-16(22)19(23)21-14(2)8-9-15-6-5-13-28-15/h10-11,14-16H,3-9,12-13H2,1-2H3,(H,21,23). The number of hydrogen-bond acceptors (Lipinski definition) is 7. The van der Waals surface area contributed by atoms with Gasteiger partial charge in [0.25, 0.3) is 10.0 Å². The van der Waals surface area contributed by atoms with E-state index in [1.54, 1.807) is 6.92 Å². The van der Waals surface area contributed by atoms with Gasteiger partial charge in [-0.25, -0.2) is 13.2 Å². The summed E-state index contributed by atoms with van der Waals surface area (Å²) in [5, 5.41) is 2.57. The Kier molecular flexibility index (Phi) is 7.54. The second-order valence-electron chi connectivity index (χ2n) is 7.73. The third-order valence-electron chi connectivity index (χ3n) is 5.46. The van der Waals surface area contributed by atoms with E-state index in [4.69, 9.17) is 13.9 Å². The lowest BCUT2D eigenvalue weighted by Gasteiger charge is -2.24. The molecule has 0 spiro atoms. The summed E-state index contributed by atoms with van der Waals surface area (Å²) in [7, 11) is -4.04. The first-order chi connectivity index (χ1) is 14.3. The van der Waals surface area contributed by atoms with Crippen LogP contribution in [0.3, 0.4) is 0 Å². The van der Waals surface area contributed by atoms with E-state index in [0.717, 1.165) is 36.6 Å². The molecule has 1 amide bonds. The normalized spacial score (nSPS) is 23.4. The van der Waals surface area contributed by atoms with E-state index in [-0.39, 0.29) is 42.1 Å². The van der Waals surface area contributed by atoms with Crippen molar-refractivity contribution in [1.29, 1.82) is 0 Å². The summed E-state index contributed by atoms with van der Waals surface area (Å²) >= 11 is 0. The summed E-state index contributed by atoms with van der Waals surface area (Å²) in [6.07, 6.45) is 5.04. The molecule has 0 aliphatic carbocycles. The van der Waals surface area contributed by atoms with Crippen molar-refractivity contribution in [2.75, 3.05) is 19.8 Å². The number of sulfonamides is 1. The molecule has 1 N–H and O–H groups in total. The van der Waals surface area contributed by atoms with Gasteiger partial charge >= 0.3 is 5.97 Å². The Morgan fingerprint density at radius 1 is 1.30 bits per heavy atom. The van der Waals surface area contributed by atoms with Crippen LogP contribution in [-0.2, 0) is 24.3 Å². The summed E-state index contributed by atoms with van der Waals surface area (Å²) in [4.78, 5) is 24.5. The highest BCUT2D eigenvalue weighted by atomic mass is 32.2. The molecular formula is C20H30N2O7S. The van der Waals surface area contributed by atoms with Crippen molar-refractivity contribution in [3.8, 4) is 0 Å². The molecule has 2 aliphatic rings. The van der Waals surface area contributed by atoms with Gasteiger partial charge in [0, 0.05) is 19.2 Å². The summed E-state index contributed by atoms with van der Waals surface area (Å²) in [6, 6.07) is 1.62. The second-order valence-corrected chi connectivity index (χ2v) is 9.56. The predicted octanol–water partition coefficient (Wildman–Crippen LogP) is 2.07. The zero-order chi connectivity index (χ0) is 21.7. The highest BCUT2D eigenvalue weighted by Crippen LogP contribution is 2.28. The van der Waals surface area contributed by atoms with E-state index < -0.39 is 22.0 Å². The minimum atomic E-state index is -4.04. The molecule has 2 aliphatic heterocycles. The maximum absolute atomic E-state index is 13.0. The van der Waals surface area contributed by atoms with Crippen molar-refractivity contribution in [2.45, 2.75) is 75.7 Å². The van der Waals surface area contributed by atoms with Crippen LogP contribution in [0.1, 0.15) is 62.9 Å². The van der Waals surface area contributed by atoms with Crippen LogP contribution in [0.4, 0.5) is 0 Å². The van der Waals surface area contributed by atoms with Crippen molar-refractivity contribution < 1.29 is 31.9 Å². The molecule has 168 valence electrons. The molecule has 0 saturated carbocycles. The maximum Gasteiger partial charge on any atom is 0.374 e. The Labute approximate surface area is 177 Å². The number of carbonyl (C=O) groups is 2. The summed E-state index contributed by atoms with van der Waals surface area (Å²) < 4.78 is 42.8. The Bertz CT molecular complexity index is 845. The average Bonchev–Trinajstić information content (AvgIpc) is 3.48. The molecule has 0 radical (unpaired) electrons. The highest BCUT2D eigenvalue weighted by Gasteiger charge is 2.41. The molecule has 3 heterocycles. The SMILES string of the molecule is CCOC(=O)c1ccc(S(=O)(=O)N2CCCC2C(=O)NC(C)CCC2CCCO2)o1. The summed E-state index contributed by atoms with van der Waals surface area (Å²) in [5.41, 5.74) is 0. The van der Waals surface area contributed by atoms with Crippen LogP contribution in [0.25, 0.3) is 0 Å². The third kappa shape index (κ3) is 5.22. The second kappa shape index (κ2) is 9.93. The van der Waals surface area contributed by atoms with Crippen LogP contribution in [-0.4, -0.2) is 62.5 Å². The van der Waals surface area contributed by atoms with Crippen LogP contribution >= 0.6 is 0 Å².